The van der Waals surface area contributed by atoms with Crippen LogP contribution in [0.2, 0.25) is 0 Å². The summed E-state index contributed by atoms with van der Waals surface area (Å²) in [5.74, 6) is 0.635. The molecule has 2 rings (SSSR count). The van der Waals surface area contributed by atoms with E-state index in [1.807, 2.05) is 6.07 Å². The zero-order valence-corrected chi connectivity index (χ0v) is 13.8. The van der Waals surface area contributed by atoms with E-state index in [9.17, 15) is 13.6 Å². The number of carbonyl (C=O) groups excluding carboxylic acids is 1. The molecule has 0 radical (unpaired) electrons. The third kappa shape index (κ3) is 4.10. The second-order valence-electron chi connectivity index (χ2n) is 5.51. The summed E-state index contributed by atoms with van der Waals surface area (Å²) in [7, 11) is 0. The molecule has 0 fully saturated rings. The Balaban J connectivity index is 2.08. The van der Waals surface area contributed by atoms with E-state index in [0.29, 0.717) is 41.1 Å². The highest BCUT2D eigenvalue weighted by Crippen LogP contribution is 2.20. The molecule has 5 nitrogen and oxygen atoms in total. The van der Waals surface area contributed by atoms with Crippen molar-refractivity contribution in [2.75, 3.05) is 13.1 Å². The Morgan fingerprint density at radius 1 is 1.50 bits per heavy atom. The van der Waals surface area contributed by atoms with Gasteiger partial charge in [0.2, 0.25) is 5.91 Å². The molecule has 2 aromatic heterocycles. The van der Waals surface area contributed by atoms with Crippen LogP contribution < -0.4 is 0 Å². The molecule has 2 aromatic rings. The predicted octanol–water partition coefficient (Wildman–Crippen LogP) is 3.29. The fraction of sp³-hybridized carbons (Fsp3) is 0.412. The molecule has 0 aliphatic heterocycles. The van der Waals surface area contributed by atoms with E-state index in [1.54, 1.807) is 37.2 Å². The summed E-state index contributed by atoms with van der Waals surface area (Å²) < 4.78 is 31.7. The van der Waals surface area contributed by atoms with Crippen LogP contribution in [0.15, 0.2) is 35.5 Å². The summed E-state index contributed by atoms with van der Waals surface area (Å²) in [5, 5.41) is 3.82. The molecule has 0 aromatic carbocycles. The van der Waals surface area contributed by atoms with Gasteiger partial charge in [-0.05, 0) is 26.0 Å². The second-order valence-corrected chi connectivity index (χ2v) is 5.51. The highest BCUT2D eigenvalue weighted by Gasteiger charge is 2.21. The van der Waals surface area contributed by atoms with Crippen LogP contribution in [0, 0.1) is 13.8 Å². The number of aryl methyl sites for hydroxylation is 1. The Labute approximate surface area is 139 Å². The molecule has 1 amide bonds. The first kappa shape index (κ1) is 17.9. The lowest BCUT2D eigenvalue weighted by Crippen LogP contribution is -2.34. The average Bonchev–Trinajstić information content (AvgIpc) is 3.14. The van der Waals surface area contributed by atoms with Crippen LogP contribution in [0.3, 0.4) is 0 Å². The van der Waals surface area contributed by atoms with E-state index in [-0.39, 0.29) is 12.3 Å². The van der Waals surface area contributed by atoms with Gasteiger partial charge in [0.05, 0.1) is 18.4 Å². The number of rotatable bonds is 8. The predicted molar refractivity (Wildman–Crippen MR) is 85.8 cm³/mol. The normalized spacial score (nSPS) is 11.0. The molecule has 0 unspecified atom stereocenters. The first-order valence-corrected chi connectivity index (χ1v) is 7.67. The van der Waals surface area contributed by atoms with Crippen molar-refractivity contribution in [3.8, 4) is 0 Å². The molecule has 0 N–H and O–H groups in total. The van der Waals surface area contributed by atoms with E-state index >= 15 is 0 Å². The summed E-state index contributed by atoms with van der Waals surface area (Å²) in [6.07, 6.45) is 3.85. The lowest BCUT2D eigenvalue weighted by Gasteiger charge is -2.21. The summed E-state index contributed by atoms with van der Waals surface area (Å²) in [6.45, 7) is 5.00. The summed E-state index contributed by atoms with van der Waals surface area (Å²) >= 11 is 0. The number of carbonyl (C=O) groups is 1. The molecular weight excluding hydrogens is 316 g/mol. The molecule has 0 saturated heterocycles. The van der Waals surface area contributed by atoms with Crippen LogP contribution in [0.5, 0.6) is 0 Å². The maximum Gasteiger partial charge on any atom is 0.333 e. The molecule has 0 aliphatic carbocycles. The smallest absolute Gasteiger partial charge is 0.333 e. The van der Waals surface area contributed by atoms with Crippen LogP contribution in [0.25, 0.3) is 0 Å². The van der Waals surface area contributed by atoms with Gasteiger partial charge in [0.1, 0.15) is 5.76 Å². The highest BCUT2D eigenvalue weighted by atomic mass is 19.3. The minimum Gasteiger partial charge on any atom is -0.469 e. The van der Waals surface area contributed by atoms with Crippen molar-refractivity contribution in [2.24, 2.45) is 0 Å². The molecule has 0 spiro atoms. The SMILES string of the molecule is C=CCN(CCc1ccco1)C(=O)Cc1c(C)nn(C(F)F)c1C. The lowest BCUT2D eigenvalue weighted by atomic mass is 10.1. The molecule has 0 aliphatic rings. The summed E-state index contributed by atoms with van der Waals surface area (Å²) in [5.41, 5.74) is 1.32. The van der Waals surface area contributed by atoms with Gasteiger partial charge >= 0.3 is 6.55 Å². The average molecular weight is 337 g/mol. The van der Waals surface area contributed by atoms with E-state index in [2.05, 4.69) is 11.7 Å². The standard InChI is InChI=1S/C17H21F2N3O2/c1-4-8-21(9-7-14-6-5-10-24-14)16(23)11-15-12(2)20-22(13(15)3)17(18)19/h4-6,10,17H,1,7-9,11H2,2-3H3. The van der Waals surface area contributed by atoms with Gasteiger partial charge in [0.25, 0.3) is 0 Å². The number of alkyl halides is 2. The minimum absolute atomic E-state index is 0.0381. The molecule has 2 heterocycles. The van der Waals surface area contributed by atoms with Crippen LogP contribution in [-0.2, 0) is 17.6 Å². The van der Waals surface area contributed by atoms with Gasteiger partial charge in [-0.15, -0.1) is 6.58 Å². The van der Waals surface area contributed by atoms with Crippen molar-refractivity contribution >= 4 is 5.91 Å². The van der Waals surface area contributed by atoms with Gasteiger partial charge in [-0.2, -0.15) is 13.9 Å². The Morgan fingerprint density at radius 3 is 2.79 bits per heavy atom. The summed E-state index contributed by atoms with van der Waals surface area (Å²) in [4.78, 5) is 14.2. The maximum atomic E-state index is 12.9. The van der Waals surface area contributed by atoms with E-state index < -0.39 is 6.55 Å². The number of halogens is 2. The number of hydrogen-bond acceptors (Lipinski definition) is 3. The Bertz CT molecular complexity index is 693. The molecule has 24 heavy (non-hydrogen) atoms. The molecule has 7 heteroatoms. The largest absolute Gasteiger partial charge is 0.469 e. The highest BCUT2D eigenvalue weighted by molar-refractivity contribution is 5.79. The van der Waals surface area contributed by atoms with Crippen molar-refractivity contribution < 1.29 is 18.0 Å². The Morgan fingerprint density at radius 2 is 2.25 bits per heavy atom. The second kappa shape index (κ2) is 7.90. The Kier molecular flexibility index (Phi) is 5.89. The van der Waals surface area contributed by atoms with E-state index in [1.165, 1.54) is 0 Å². The molecule has 0 saturated carbocycles. The van der Waals surface area contributed by atoms with Crippen LogP contribution >= 0.6 is 0 Å². The number of aromatic nitrogens is 2. The van der Waals surface area contributed by atoms with E-state index in [0.717, 1.165) is 5.76 Å². The third-order valence-corrected chi connectivity index (χ3v) is 3.90. The first-order chi connectivity index (χ1) is 11.4. The van der Waals surface area contributed by atoms with Crippen molar-refractivity contribution in [3.63, 3.8) is 0 Å². The first-order valence-electron chi connectivity index (χ1n) is 7.67. The zero-order chi connectivity index (χ0) is 17.7. The number of furan rings is 1. The van der Waals surface area contributed by atoms with E-state index in [4.69, 9.17) is 4.42 Å². The lowest BCUT2D eigenvalue weighted by molar-refractivity contribution is -0.130. The van der Waals surface area contributed by atoms with Crippen molar-refractivity contribution in [2.45, 2.75) is 33.2 Å². The fourth-order valence-corrected chi connectivity index (χ4v) is 2.58. The minimum atomic E-state index is -2.71. The van der Waals surface area contributed by atoms with Crippen molar-refractivity contribution in [1.82, 2.24) is 14.7 Å². The van der Waals surface area contributed by atoms with Crippen LogP contribution in [-0.4, -0.2) is 33.7 Å². The van der Waals surface area contributed by atoms with Crippen molar-refractivity contribution in [1.29, 1.82) is 0 Å². The summed E-state index contributed by atoms with van der Waals surface area (Å²) in [6, 6.07) is 3.64. The zero-order valence-electron chi connectivity index (χ0n) is 13.8. The molecule has 130 valence electrons. The fourth-order valence-electron chi connectivity index (χ4n) is 2.58. The quantitative estimate of drug-likeness (QED) is 0.695. The van der Waals surface area contributed by atoms with Crippen LogP contribution in [0.1, 0.15) is 29.3 Å². The third-order valence-electron chi connectivity index (χ3n) is 3.90. The molecule has 0 bridgehead atoms. The van der Waals surface area contributed by atoms with Gasteiger partial charge < -0.3 is 9.32 Å². The topological polar surface area (TPSA) is 51.3 Å². The number of nitrogens with zero attached hydrogens (tertiary/aromatic N) is 3. The van der Waals surface area contributed by atoms with Crippen LogP contribution in [0.4, 0.5) is 8.78 Å². The van der Waals surface area contributed by atoms with Gasteiger partial charge in [-0.25, -0.2) is 4.68 Å². The monoisotopic (exact) mass is 337 g/mol. The Hall–Kier alpha value is -2.44. The van der Waals surface area contributed by atoms with Crippen molar-refractivity contribution in [3.05, 3.63) is 53.8 Å². The van der Waals surface area contributed by atoms with Gasteiger partial charge in [0, 0.05) is 30.8 Å². The maximum absolute atomic E-state index is 12.9. The molecule has 0 atom stereocenters. The number of amides is 1. The number of hydrogen-bond donors (Lipinski definition) is 0. The van der Waals surface area contributed by atoms with Gasteiger partial charge in [-0.1, -0.05) is 6.08 Å². The van der Waals surface area contributed by atoms with Gasteiger partial charge in [-0.3, -0.25) is 4.79 Å². The molecular formula is C17H21F2N3O2. The van der Waals surface area contributed by atoms with Gasteiger partial charge in [0.15, 0.2) is 0 Å².